The van der Waals surface area contributed by atoms with Crippen molar-refractivity contribution >= 4 is 45.5 Å². The van der Waals surface area contributed by atoms with E-state index in [1.165, 1.54) is 6.08 Å². The van der Waals surface area contributed by atoms with Crippen molar-refractivity contribution in [3.05, 3.63) is 59.8 Å². The summed E-state index contributed by atoms with van der Waals surface area (Å²) < 4.78 is 6.34. The number of aromatic nitrogens is 2. The van der Waals surface area contributed by atoms with E-state index in [0.717, 1.165) is 71.2 Å². The highest BCUT2D eigenvalue weighted by Crippen LogP contribution is 2.39. The third-order valence-corrected chi connectivity index (χ3v) is 9.48. The highest BCUT2D eigenvalue weighted by molar-refractivity contribution is 6.36. The van der Waals surface area contributed by atoms with Gasteiger partial charge in [-0.25, -0.2) is 0 Å². The average molecular weight is 615 g/mol. The molecule has 0 spiro atoms. The fourth-order valence-electron chi connectivity index (χ4n) is 6.74. The van der Waals surface area contributed by atoms with Crippen molar-refractivity contribution in [3.63, 3.8) is 0 Å². The Morgan fingerprint density at radius 1 is 1.09 bits per heavy atom. The van der Waals surface area contributed by atoms with Crippen molar-refractivity contribution in [3.8, 4) is 12.1 Å². The van der Waals surface area contributed by atoms with Crippen molar-refractivity contribution in [2.75, 3.05) is 74.7 Å². The van der Waals surface area contributed by atoms with Gasteiger partial charge in [0, 0.05) is 56.9 Å². The number of benzene rings is 2. The molecule has 2 saturated heterocycles. The zero-order valence-electron chi connectivity index (χ0n) is 25.5. The average Bonchev–Trinajstić information content (AvgIpc) is 3.37. The lowest BCUT2D eigenvalue weighted by atomic mass is 10.1. The van der Waals surface area contributed by atoms with Gasteiger partial charge in [0.1, 0.15) is 12.3 Å². The zero-order chi connectivity index (χ0) is 30.8. The minimum absolute atomic E-state index is 0.155. The quantitative estimate of drug-likeness (QED) is 0.361. The molecule has 3 aliphatic heterocycles. The molecule has 6 rings (SSSR count). The number of likely N-dealkylation sites (tertiary alicyclic amines) is 1. The first-order chi connectivity index (χ1) is 21.4. The van der Waals surface area contributed by atoms with Crippen LogP contribution in [0.2, 0.25) is 5.02 Å². The summed E-state index contributed by atoms with van der Waals surface area (Å²) in [4.78, 5) is 33.5. The predicted molar refractivity (Wildman–Crippen MR) is 175 cm³/mol. The second-order valence-corrected chi connectivity index (χ2v) is 12.3. The molecule has 44 heavy (non-hydrogen) atoms. The second kappa shape index (κ2) is 12.9. The van der Waals surface area contributed by atoms with Crippen LogP contribution in [0, 0.1) is 11.3 Å². The van der Waals surface area contributed by atoms with Crippen LogP contribution in [-0.2, 0) is 11.3 Å². The number of carbonyl (C=O) groups excluding carboxylic acids is 1. The summed E-state index contributed by atoms with van der Waals surface area (Å²) >= 11 is 6.75. The standard InChI is InChI=1S/C33H39ClN8O2/c1-4-29(43)42-19-18-41(20-24(42)13-14-35)32-31-27(36-33(37-32)44-22-25-10-7-15-38(25)2)21-40(17-16-39(31)3)28-12-6-9-23-8-5-11-26(34)30(23)28/h4-6,8-9,11-12,24-25H,1,7,10,13,15-22H2,2-3H3/t24-,25-/m0/s1. The molecule has 3 aliphatic rings. The first kappa shape index (κ1) is 30.0. The van der Waals surface area contributed by atoms with Gasteiger partial charge in [0.2, 0.25) is 5.91 Å². The lowest BCUT2D eigenvalue weighted by molar-refractivity contribution is -0.128. The summed E-state index contributed by atoms with van der Waals surface area (Å²) in [6, 6.07) is 15.0. The maximum atomic E-state index is 12.6. The smallest absolute Gasteiger partial charge is 0.318 e. The second-order valence-electron chi connectivity index (χ2n) is 11.9. The molecule has 1 amide bonds. The van der Waals surface area contributed by atoms with Crippen molar-refractivity contribution in [2.45, 2.75) is 37.9 Å². The SMILES string of the molecule is C=CC(=O)N1CCN(c2nc(OC[C@@H]3CCCN3C)nc3c2N(C)CCN(c2cccc4cccc(Cl)c24)C3)C[C@@H]1CC#N. The van der Waals surface area contributed by atoms with E-state index < -0.39 is 0 Å². The highest BCUT2D eigenvalue weighted by atomic mass is 35.5. The van der Waals surface area contributed by atoms with Crippen LogP contribution < -0.4 is 19.4 Å². The Bertz CT molecular complexity index is 1590. The molecule has 2 fully saturated rings. The Hall–Kier alpha value is -4.07. The number of nitriles is 1. The molecule has 230 valence electrons. The third kappa shape index (κ3) is 5.86. The van der Waals surface area contributed by atoms with Gasteiger partial charge in [0.15, 0.2) is 5.82 Å². The molecule has 4 heterocycles. The molecule has 0 aliphatic carbocycles. The van der Waals surface area contributed by atoms with E-state index in [-0.39, 0.29) is 18.4 Å². The number of likely N-dealkylation sites (N-methyl/N-ethyl adjacent to an activating group) is 2. The van der Waals surface area contributed by atoms with Crippen LogP contribution in [0.15, 0.2) is 49.1 Å². The third-order valence-electron chi connectivity index (χ3n) is 9.16. The summed E-state index contributed by atoms with van der Waals surface area (Å²) in [6.45, 7) is 8.84. The fraction of sp³-hybridized carbons (Fsp3) is 0.455. The summed E-state index contributed by atoms with van der Waals surface area (Å²) in [7, 11) is 4.20. The zero-order valence-corrected chi connectivity index (χ0v) is 26.2. The van der Waals surface area contributed by atoms with Gasteiger partial charge >= 0.3 is 6.01 Å². The topological polar surface area (TPSA) is 92.1 Å². The molecule has 10 nitrogen and oxygen atoms in total. The first-order valence-electron chi connectivity index (χ1n) is 15.3. The number of amides is 1. The number of piperazine rings is 1. The maximum Gasteiger partial charge on any atom is 0.318 e. The number of carbonyl (C=O) groups is 1. The van der Waals surface area contributed by atoms with E-state index in [4.69, 9.17) is 26.3 Å². The summed E-state index contributed by atoms with van der Waals surface area (Å²) in [5.41, 5.74) is 2.88. The van der Waals surface area contributed by atoms with Crippen LogP contribution in [0.4, 0.5) is 17.2 Å². The number of halogens is 1. The van der Waals surface area contributed by atoms with Crippen molar-refractivity contribution in [1.82, 2.24) is 19.8 Å². The number of anilines is 3. The molecular weight excluding hydrogens is 576 g/mol. The molecule has 2 atom stereocenters. The number of fused-ring (bicyclic) bond motifs is 2. The van der Waals surface area contributed by atoms with Gasteiger partial charge in [0.05, 0.1) is 35.8 Å². The van der Waals surface area contributed by atoms with Crippen LogP contribution in [0.5, 0.6) is 6.01 Å². The first-order valence-corrected chi connectivity index (χ1v) is 15.7. The van der Waals surface area contributed by atoms with Crippen LogP contribution in [0.1, 0.15) is 25.0 Å². The Balaban J connectivity index is 1.39. The van der Waals surface area contributed by atoms with E-state index in [2.05, 4.69) is 70.6 Å². The number of ether oxygens (including phenoxy) is 1. The number of hydrogen-bond donors (Lipinski definition) is 0. The lowest BCUT2D eigenvalue weighted by Gasteiger charge is -2.41. The van der Waals surface area contributed by atoms with Crippen LogP contribution in [0.3, 0.4) is 0 Å². The number of nitrogens with zero attached hydrogens (tertiary/aromatic N) is 8. The molecule has 1 aromatic heterocycles. The molecule has 0 N–H and O–H groups in total. The monoisotopic (exact) mass is 614 g/mol. The summed E-state index contributed by atoms with van der Waals surface area (Å²) in [5.74, 6) is 0.622. The van der Waals surface area contributed by atoms with Gasteiger partial charge < -0.3 is 29.2 Å². The van der Waals surface area contributed by atoms with Gasteiger partial charge in [-0.15, -0.1) is 0 Å². The maximum absolute atomic E-state index is 12.6. The molecule has 0 unspecified atom stereocenters. The van der Waals surface area contributed by atoms with Gasteiger partial charge in [-0.3, -0.25) is 4.79 Å². The van der Waals surface area contributed by atoms with Crippen molar-refractivity contribution in [2.24, 2.45) is 0 Å². The van der Waals surface area contributed by atoms with Gasteiger partial charge in [-0.05, 0) is 50.0 Å². The van der Waals surface area contributed by atoms with Crippen LogP contribution in [0.25, 0.3) is 10.8 Å². The summed E-state index contributed by atoms with van der Waals surface area (Å²) in [6.07, 6.45) is 3.79. The van der Waals surface area contributed by atoms with Crippen LogP contribution >= 0.6 is 11.6 Å². The Labute approximate surface area is 264 Å². The Morgan fingerprint density at radius 3 is 2.64 bits per heavy atom. The number of rotatable bonds is 7. The fourth-order valence-corrected chi connectivity index (χ4v) is 7.01. The lowest BCUT2D eigenvalue weighted by Crippen LogP contribution is -2.55. The minimum Gasteiger partial charge on any atom is -0.462 e. The van der Waals surface area contributed by atoms with Crippen LogP contribution in [-0.4, -0.2) is 97.7 Å². The van der Waals surface area contributed by atoms with E-state index in [0.29, 0.717) is 44.8 Å². The largest absolute Gasteiger partial charge is 0.462 e. The molecule has 0 saturated carbocycles. The van der Waals surface area contributed by atoms with E-state index >= 15 is 0 Å². The molecular formula is C33H39ClN8O2. The normalized spacial score (nSPS) is 20.8. The van der Waals surface area contributed by atoms with E-state index in [9.17, 15) is 10.1 Å². The number of hydrogen-bond acceptors (Lipinski definition) is 9. The summed E-state index contributed by atoms with van der Waals surface area (Å²) in [5, 5.41) is 12.4. The molecule has 2 aromatic carbocycles. The highest BCUT2D eigenvalue weighted by Gasteiger charge is 2.34. The Morgan fingerprint density at radius 2 is 1.89 bits per heavy atom. The molecule has 11 heteroatoms. The molecule has 0 radical (unpaired) electrons. The Kier molecular flexibility index (Phi) is 8.78. The predicted octanol–water partition coefficient (Wildman–Crippen LogP) is 4.33. The van der Waals surface area contributed by atoms with Gasteiger partial charge in [-0.2, -0.15) is 15.2 Å². The van der Waals surface area contributed by atoms with E-state index in [1.807, 2.05) is 12.1 Å². The van der Waals surface area contributed by atoms with Crippen molar-refractivity contribution in [1.29, 1.82) is 5.26 Å². The van der Waals surface area contributed by atoms with Gasteiger partial charge in [-0.1, -0.05) is 42.4 Å². The van der Waals surface area contributed by atoms with Gasteiger partial charge in [0.25, 0.3) is 0 Å². The van der Waals surface area contributed by atoms with E-state index in [1.54, 1.807) is 4.90 Å². The minimum atomic E-state index is -0.272. The van der Waals surface area contributed by atoms with Crippen molar-refractivity contribution < 1.29 is 9.53 Å². The molecule has 0 bridgehead atoms. The molecule has 3 aromatic rings.